The van der Waals surface area contributed by atoms with Crippen LogP contribution in [-0.4, -0.2) is 18.9 Å². The molecule has 1 aliphatic carbocycles. The minimum Gasteiger partial charge on any atom is -0.303 e. The van der Waals surface area contributed by atoms with Crippen molar-refractivity contribution in [2.24, 2.45) is 17.8 Å². The molecule has 1 saturated carbocycles. The van der Waals surface area contributed by atoms with Crippen LogP contribution in [0.2, 0.25) is 0 Å². The predicted octanol–water partition coefficient (Wildman–Crippen LogP) is 0.616. The van der Waals surface area contributed by atoms with Crippen molar-refractivity contribution in [2.75, 3.05) is 0 Å². The van der Waals surface area contributed by atoms with Gasteiger partial charge in [-0.3, -0.25) is 0 Å². The summed E-state index contributed by atoms with van der Waals surface area (Å²) in [5, 5.41) is 0. The highest BCUT2D eigenvalue weighted by atomic mass is 16.1. The zero-order chi connectivity index (χ0) is 8.97. The van der Waals surface area contributed by atoms with Crippen LogP contribution in [0.5, 0.6) is 0 Å². The maximum Gasteiger partial charge on any atom is 0.123 e. The fraction of sp³-hybridized carbons (Fsp3) is 0.667. The Morgan fingerprint density at radius 3 is 2.00 bits per heavy atom. The number of hydrogen-bond donors (Lipinski definition) is 0. The van der Waals surface area contributed by atoms with Crippen molar-refractivity contribution in [1.82, 2.24) is 0 Å². The third kappa shape index (κ3) is 1.78. The van der Waals surface area contributed by atoms with Gasteiger partial charge in [-0.05, 0) is 19.3 Å². The summed E-state index contributed by atoms with van der Waals surface area (Å²) in [6.07, 6.45) is 4.50. The first-order valence-electron chi connectivity index (χ1n) is 4.17. The van der Waals surface area contributed by atoms with Crippen molar-refractivity contribution in [3.8, 4) is 0 Å². The lowest BCUT2D eigenvalue weighted by Crippen LogP contribution is -2.27. The van der Waals surface area contributed by atoms with Gasteiger partial charge in [0.1, 0.15) is 18.9 Å². The molecule has 3 atom stereocenters. The van der Waals surface area contributed by atoms with Crippen molar-refractivity contribution in [3.05, 3.63) is 0 Å². The molecule has 3 heteroatoms. The minimum absolute atomic E-state index is 0.0172. The molecule has 1 fully saturated rings. The van der Waals surface area contributed by atoms with Crippen molar-refractivity contribution >= 4 is 18.9 Å². The monoisotopic (exact) mass is 168 g/mol. The summed E-state index contributed by atoms with van der Waals surface area (Å²) >= 11 is 0. The summed E-state index contributed by atoms with van der Waals surface area (Å²) in [6.45, 7) is 0. The van der Waals surface area contributed by atoms with Crippen LogP contribution in [0.25, 0.3) is 0 Å². The molecule has 0 N–H and O–H groups in total. The SMILES string of the molecule is O=CC1CCC(C=O)C(C=O)C1. The molecule has 3 nitrogen and oxygen atoms in total. The molecule has 0 heterocycles. The van der Waals surface area contributed by atoms with Crippen molar-refractivity contribution in [1.29, 1.82) is 0 Å². The average Bonchev–Trinajstić information content (AvgIpc) is 2.16. The van der Waals surface area contributed by atoms with E-state index in [9.17, 15) is 14.4 Å². The quantitative estimate of drug-likeness (QED) is 0.580. The smallest absolute Gasteiger partial charge is 0.123 e. The van der Waals surface area contributed by atoms with Gasteiger partial charge < -0.3 is 14.4 Å². The zero-order valence-corrected chi connectivity index (χ0v) is 6.81. The van der Waals surface area contributed by atoms with Crippen molar-refractivity contribution < 1.29 is 14.4 Å². The molecule has 0 bridgehead atoms. The van der Waals surface area contributed by atoms with Crippen molar-refractivity contribution in [3.63, 3.8) is 0 Å². The summed E-state index contributed by atoms with van der Waals surface area (Å²) in [4.78, 5) is 31.4. The maximum atomic E-state index is 10.5. The number of carbonyl (C=O) groups is 3. The van der Waals surface area contributed by atoms with E-state index < -0.39 is 0 Å². The van der Waals surface area contributed by atoms with Crippen molar-refractivity contribution in [2.45, 2.75) is 19.3 Å². The highest BCUT2D eigenvalue weighted by Crippen LogP contribution is 2.30. The second kappa shape index (κ2) is 4.14. The molecule has 0 aliphatic heterocycles. The Labute approximate surface area is 71.1 Å². The first-order chi connectivity index (χ1) is 5.81. The van der Waals surface area contributed by atoms with Gasteiger partial charge in [0, 0.05) is 17.8 Å². The van der Waals surface area contributed by atoms with Crippen LogP contribution in [0, 0.1) is 17.8 Å². The molecule has 1 rings (SSSR count). The van der Waals surface area contributed by atoms with Gasteiger partial charge in [-0.1, -0.05) is 0 Å². The minimum atomic E-state index is -0.230. The normalized spacial score (nSPS) is 35.5. The first kappa shape index (κ1) is 9.10. The Hall–Kier alpha value is -0.990. The highest BCUT2D eigenvalue weighted by Gasteiger charge is 2.29. The Bertz CT molecular complexity index is 188. The lowest BCUT2D eigenvalue weighted by molar-refractivity contribution is -0.123. The average molecular weight is 168 g/mol. The summed E-state index contributed by atoms with van der Waals surface area (Å²) in [5.74, 6) is -0.401. The Balaban J connectivity index is 2.58. The van der Waals surface area contributed by atoms with Gasteiger partial charge in [0.05, 0.1) is 0 Å². The number of rotatable bonds is 3. The van der Waals surface area contributed by atoms with Gasteiger partial charge in [0.2, 0.25) is 0 Å². The summed E-state index contributed by atoms with van der Waals surface area (Å²) in [5.41, 5.74) is 0. The van der Waals surface area contributed by atoms with E-state index in [2.05, 4.69) is 0 Å². The van der Waals surface area contributed by atoms with Crippen LogP contribution in [0.1, 0.15) is 19.3 Å². The Kier molecular flexibility index (Phi) is 3.14. The lowest BCUT2D eigenvalue weighted by atomic mass is 9.76. The zero-order valence-electron chi connectivity index (χ0n) is 6.81. The molecular weight excluding hydrogens is 156 g/mol. The van der Waals surface area contributed by atoms with E-state index in [-0.39, 0.29) is 17.8 Å². The Morgan fingerprint density at radius 2 is 1.50 bits per heavy atom. The third-order valence-electron chi connectivity index (χ3n) is 2.54. The molecule has 0 amide bonds. The van der Waals surface area contributed by atoms with Gasteiger partial charge in [-0.25, -0.2) is 0 Å². The van der Waals surface area contributed by atoms with Gasteiger partial charge in [-0.15, -0.1) is 0 Å². The fourth-order valence-electron chi connectivity index (χ4n) is 1.71. The van der Waals surface area contributed by atoms with E-state index in [0.29, 0.717) is 12.8 Å². The first-order valence-corrected chi connectivity index (χ1v) is 4.17. The molecule has 0 spiro atoms. The maximum absolute atomic E-state index is 10.5. The predicted molar refractivity (Wildman–Crippen MR) is 42.5 cm³/mol. The second-order valence-corrected chi connectivity index (χ2v) is 3.31. The Morgan fingerprint density at radius 1 is 0.833 bits per heavy atom. The van der Waals surface area contributed by atoms with E-state index in [0.717, 1.165) is 25.3 Å². The molecule has 12 heavy (non-hydrogen) atoms. The van der Waals surface area contributed by atoms with Crippen LogP contribution < -0.4 is 0 Å². The van der Waals surface area contributed by atoms with Crippen LogP contribution in [-0.2, 0) is 14.4 Å². The highest BCUT2D eigenvalue weighted by molar-refractivity contribution is 5.66. The fourth-order valence-corrected chi connectivity index (χ4v) is 1.71. The number of aldehydes is 3. The third-order valence-corrected chi connectivity index (χ3v) is 2.54. The molecule has 0 aromatic carbocycles. The van der Waals surface area contributed by atoms with Gasteiger partial charge >= 0.3 is 0 Å². The van der Waals surface area contributed by atoms with E-state index in [1.807, 2.05) is 0 Å². The van der Waals surface area contributed by atoms with Gasteiger partial charge in [0.15, 0.2) is 0 Å². The van der Waals surface area contributed by atoms with E-state index in [1.54, 1.807) is 0 Å². The van der Waals surface area contributed by atoms with E-state index >= 15 is 0 Å². The van der Waals surface area contributed by atoms with Crippen LogP contribution in [0.3, 0.4) is 0 Å². The second-order valence-electron chi connectivity index (χ2n) is 3.31. The van der Waals surface area contributed by atoms with Gasteiger partial charge in [-0.2, -0.15) is 0 Å². The molecule has 1 aliphatic rings. The van der Waals surface area contributed by atoms with E-state index in [4.69, 9.17) is 0 Å². The molecule has 0 aromatic rings. The topological polar surface area (TPSA) is 51.2 Å². The molecular formula is C9H12O3. The summed E-state index contributed by atoms with van der Waals surface area (Å²) < 4.78 is 0. The van der Waals surface area contributed by atoms with Gasteiger partial charge in [0.25, 0.3) is 0 Å². The molecule has 66 valence electrons. The molecule has 0 saturated heterocycles. The molecule has 0 aromatic heterocycles. The largest absolute Gasteiger partial charge is 0.303 e. The number of carbonyl (C=O) groups excluding carboxylic acids is 3. The molecule has 0 radical (unpaired) electrons. The van der Waals surface area contributed by atoms with Crippen LogP contribution in [0.15, 0.2) is 0 Å². The van der Waals surface area contributed by atoms with Crippen LogP contribution >= 0.6 is 0 Å². The standard InChI is InChI=1S/C9H12O3/c10-4-7-1-2-8(5-11)9(3-7)6-12/h4-9H,1-3H2. The summed E-state index contributed by atoms with van der Waals surface area (Å²) in [6, 6.07) is 0. The number of hydrogen-bond acceptors (Lipinski definition) is 3. The van der Waals surface area contributed by atoms with Crippen LogP contribution in [0.4, 0.5) is 0 Å². The molecule has 3 unspecified atom stereocenters. The lowest BCUT2D eigenvalue weighted by Gasteiger charge is -2.26. The van der Waals surface area contributed by atoms with E-state index in [1.165, 1.54) is 0 Å². The summed E-state index contributed by atoms with van der Waals surface area (Å²) in [7, 11) is 0.